The van der Waals surface area contributed by atoms with Gasteiger partial charge in [0.25, 0.3) is 0 Å². The number of hydrogen-bond acceptors (Lipinski definition) is 5. The van der Waals surface area contributed by atoms with E-state index >= 15 is 0 Å². The number of carbonyl (C=O) groups excluding carboxylic acids is 1. The molecule has 0 fully saturated rings. The molecule has 2 aromatic heterocycles. The second-order valence-electron chi connectivity index (χ2n) is 5.03. The second kappa shape index (κ2) is 9.71. The minimum Gasteiger partial charge on any atom is -0.467 e. The number of aliphatic imine (C=N–C) groups is 1. The van der Waals surface area contributed by atoms with Gasteiger partial charge in [0.1, 0.15) is 5.76 Å². The van der Waals surface area contributed by atoms with E-state index in [0.717, 1.165) is 23.6 Å². The van der Waals surface area contributed by atoms with E-state index < -0.39 is 0 Å². The number of hydrogen-bond donors (Lipinski definition) is 3. The standard InChI is InChI=1S/C16H23N5O2S/c1-3-13-10-20-15(24-13)6-7-18-16(17-2)21-11-14(22)19-9-12-5-4-8-23-12/h4-5,8,10H,3,6-7,9,11H2,1-2H3,(H,19,22)(H2,17,18,21). The number of carbonyl (C=O) groups is 1. The monoisotopic (exact) mass is 349 g/mol. The number of nitrogens with one attached hydrogen (secondary N) is 3. The molecule has 2 heterocycles. The van der Waals surface area contributed by atoms with Crippen molar-refractivity contribution in [3.05, 3.63) is 40.2 Å². The molecule has 0 aliphatic rings. The van der Waals surface area contributed by atoms with Gasteiger partial charge in [-0.05, 0) is 18.6 Å². The Balaban J connectivity index is 1.63. The van der Waals surface area contributed by atoms with Crippen molar-refractivity contribution in [3.8, 4) is 0 Å². The zero-order valence-corrected chi connectivity index (χ0v) is 14.8. The molecule has 24 heavy (non-hydrogen) atoms. The molecule has 8 heteroatoms. The molecule has 3 N–H and O–H groups in total. The van der Waals surface area contributed by atoms with Gasteiger partial charge in [-0.1, -0.05) is 6.92 Å². The van der Waals surface area contributed by atoms with Gasteiger partial charge in [0.2, 0.25) is 5.91 Å². The molecule has 0 radical (unpaired) electrons. The van der Waals surface area contributed by atoms with Gasteiger partial charge >= 0.3 is 0 Å². The highest BCUT2D eigenvalue weighted by Gasteiger charge is 2.05. The second-order valence-corrected chi connectivity index (χ2v) is 6.23. The van der Waals surface area contributed by atoms with Crippen LogP contribution in [0.3, 0.4) is 0 Å². The highest BCUT2D eigenvalue weighted by Crippen LogP contribution is 2.13. The van der Waals surface area contributed by atoms with Crippen LogP contribution in [-0.4, -0.2) is 37.0 Å². The first-order valence-electron chi connectivity index (χ1n) is 7.88. The first kappa shape index (κ1) is 18.0. The summed E-state index contributed by atoms with van der Waals surface area (Å²) < 4.78 is 5.16. The number of aryl methyl sites for hydroxylation is 1. The summed E-state index contributed by atoms with van der Waals surface area (Å²) in [4.78, 5) is 21.6. The Bertz CT molecular complexity index is 651. The van der Waals surface area contributed by atoms with Crippen molar-refractivity contribution in [2.24, 2.45) is 4.99 Å². The smallest absolute Gasteiger partial charge is 0.239 e. The summed E-state index contributed by atoms with van der Waals surface area (Å²) in [5.41, 5.74) is 0. The molecular weight excluding hydrogens is 326 g/mol. The van der Waals surface area contributed by atoms with Crippen LogP contribution in [0.4, 0.5) is 0 Å². The van der Waals surface area contributed by atoms with Crippen molar-refractivity contribution in [1.82, 2.24) is 20.9 Å². The first-order chi connectivity index (χ1) is 11.7. The number of rotatable bonds is 8. The number of aromatic nitrogens is 1. The van der Waals surface area contributed by atoms with Gasteiger partial charge in [0.15, 0.2) is 5.96 Å². The minimum absolute atomic E-state index is 0.123. The molecule has 0 unspecified atom stereocenters. The molecule has 0 aliphatic carbocycles. The average Bonchev–Trinajstić information content (AvgIpc) is 3.27. The van der Waals surface area contributed by atoms with Gasteiger partial charge in [-0.3, -0.25) is 9.79 Å². The maximum Gasteiger partial charge on any atom is 0.239 e. The van der Waals surface area contributed by atoms with Crippen molar-refractivity contribution in [3.63, 3.8) is 0 Å². The van der Waals surface area contributed by atoms with E-state index in [4.69, 9.17) is 4.42 Å². The highest BCUT2D eigenvalue weighted by molar-refractivity contribution is 7.11. The fraction of sp³-hybridized carbons (Fsp3) is 0.438. The topological polar surface area (TPSA) is 91.5 Å². The van der Waals surface area contributed by atoms with Crippen LogP contribution < -0.4 is 16.0 Å². The largest absolute Gasteiger partial charge is 0.467 e. The summed E-state index contributed by atoms with van der Waals surface area (Å²) in [6.45, 7) is 3.36. The summed E-state index contributed by atoms with van der Waals surface area (Å²) in [6, 6.07) is 3.61. The Kier molecular flexibility index (Phi) is 7.28. The van der Waals surface area contributed by atoms with Gasteiger partial charge in [0, 0.05) is 31.1 Å². The molecule has 0 bridgehead atoms. The Morgan fingerprint density at radius 1 is 1.38 bits per heavy atom. The predicted octanol–water partition coefficient (Wildman–Crippen LogP) is 1.32. The number of amides is 1. The van der Waals surface area contributed by atoms with Crippen LogP contribution in [0.2, 0.25) is 0 Å². The third kappa shape index (κ3) is 6.04. The Labute approximate surface area is 145 Å². The van der Waals surface area contributed by atoms with Crippen LogP contribution in [0.1, 0.15) is 22.6 Å². The lowest BCUT2D eigenvalue weighted by atomic mass is 10.4. The third-order valence-corrected chi connectivity index (χ3v) is 4.46. The van der Waals surface area contributed by atoms with Crippen molar-refractivity contribution in [2.75, 3.05) is 20.1 Å². The zero-order chi connectivity index (χ0) is 17.2. The highest BCUT2D eigenvalue weighted by atomic mass is 32.1. The summed E-state index contributed by atoms with van der Waals surface area (Å²) in [5.74, 6) is 1.19. The SMILES string of the molecule is CCc1cnc(CCNC(=NC)NCC(=O)NCc2ccco2)s1. The Morgan fingerprint density at radius 3 is 2.92 bits per heavy atom. The van der Waals surface area contributed by atoms with Crippen LogP contribution in [-0.2, 0) is 24.2 Å². The molecule has 0 spiro atoms. The van der Waals surface area contributed by atoms with Gasteiger partial charge < -0.3 is 20.4 Å². The summed E-state index contributed by atoms with van der Waals surface area (Å²) in [7, 11) is 1.68. The maximum absolute atomic E-state index is 11.8. The van der Waals surface area contributed by atoms with Gasteiger partial charge in [-0.15, -0.1) is 11.3 Å². The van der Waals surface area contributed by atoms with Crippen molar-refractivity contribution < 1.29 is 9.21 Å². The number of furan rings is 1. The normalized spacial score (nSPS) is 11.3. The molecule has 130 valence electrons. The molecule has 0 atom stereocenters. The van der Waals surface area contributed by atoms with E-state index in [1.165, 1.54) is 4.88 Å². The lowest BCUT2D eigenvalue weighted by Crippen LogP contribution is -2.43. The van der Waals surface area contributed by atoms with Crippen LogP contribution >= 0.6 is 11.3 Å². The Morgan fingerprint density at radius 2 is 2.25 bits per heavy atom. The first-order valence-corrected chi connectivity index (χ1v) is 8.70. The van der Waals surface area contributed by atoms with Crippen LogP contribution in [0.15, 0.2) is 34.0 Å². The molecule has 2 aromatic rings. The van der Waals surface area contributed by atoms with E-state index in [1.54, 1.807) is 30.7 Å². The van der Waals surface area contributed by atoms with E-state index in [0.29, 0.717) is 19.0 Å². The van der Waals surface area contributed by atoms with E-state index in [1.807, 2.05) is 12.3 Å². The fourth-order valence-electron chi connectivity index (χ4n) is 1.96. The van der Waals surface area contributed by atoms with Crippen molar-refractivity contribution in [1.29, 1.82) is 0 Å². The van der Waals surface area contributed by atoms with E-state index in [9.17, 15) is 4.79 Å². The molecule has 0 saturated heterocycles. The fourth-order valence-corrected chi connectivity index (χ4v) is 2.82. The van der Waals surface area contributed by atoms with E-state index in [2.05, 4.69) is 32.9 Å². The number of nitrogens with zero attached hydrogens (tertiary/aromatic N) is 2. The average molecular weight is 349 g/mol. The van der Waals surface area contributed by atoms with Gasteiger partial charge in [-0.2, -0.15) is 0 Å². The lowest BCUT2D eigenvalue weighted by Gasteiger charge is -2.11. The molecule has 0 aromatic carbocycles. The quantitative estimate of drug-likeness (QED) is 0.494. The zero-order valence-electron chi connectivity index (χ0n) is 14.0. The van der Waals surface area contributed by atoms with Crippen molar-refractivity contribution >= 4 is 23.2 Å². The summed E-state index contributed by atoms with van der Waals surface area (Å²) in [5, 5.41) is 10.0. The Hall–Kier alpha value is -2.35. The van der Waals surface area contributed by atoms with Gasteiger partial charge in [0.05, 0.1) is 24.4 Å². The summed E-state index contributed by atoms with van der Waals surface area (Å²) in [6.07, 6.45) is 5.35. The van der Waals surface area contributed by atoms with E-state index in [-0.39, 0.29) is 12.5 Å². The number of guanidine groups is 1. The molecule has 7 nitrogen and oxygen atoms in total. The molecule has 2 rings (SSSR count). The molecule has 1 amide bonds. The van der Waals surface area contributed by atoms with Crippen LogP contribution in [0, 0.1) is 0 Å². The summed E-state index contributed by atoms with van der Waals surface area (Å²) >= 11 is 1.73. The van der Waals surface area contributed by atoms with Crippen molar-refractivity contribution in [2.45, 2.75) is 26.3 Å². The lowest BCUT2D eigenvalue weighted by molar-refractivity contribution is -0.120. The third-order valence-electron chi connectivity index (χ3n) is 3.26. The van der Waals surface area contributed by atoms with Crippen LogP contribution in [0.5, 0.6) is 0 Å². The maximum atomic E-state index is 11.8. The van der Waals surface area contributed by atoms with Gasteiger partial charge in [-0.25, -0.2) is 4.98 Å². The molecular formula is C16H23N5O2S. The molecule has 0 saturated carbocycles. The predicted molar refractivity (Wildman–Crippen MR) is 95.1 cm³/mol. The minimum atomic E-state index is -0.123. The molecule has 0 aliphatic heterocycles. The number of thiazole rings is 1. The van der Waals surface area contributed by atoms with Crippen LogP contribution in [0.25, 0.3) is 0 Å².